The molecule has 2 fully saturated rings. The molecule has 1 N–H and O–H groups in total. The summed E-state index contributed by atoms with van der Waals surface area (Å²) in [7, 11) is -0.662. The van der Waals surface area contributed by atoms with Crippen molar-refractivity contribution in [2.24, 2.45) is 0 Å². The normalized spacial score (nSPS) is 36.1. The molecule has 2 saturated heterocycles. The zero-order chi connectivity index (χ0) is 14.0. The third kappa shape index (κ3) is 3.15. The highest BCUT2D eigenvalue weighted by Gasteiger charge is 2.46. The van der Waals surface area contributed by atoms with Crippen LogP contribution < -0.4 is 0 Å². The Morgan fingerprint density at radius 1 is 1.10 bits per heavy atom. The molecule has 0 radical (unpaired) electrons. The van der Waals surface area contributed by atoms with E-state index in [4.69, 9.17) is 0 Å². The first kappa shape index (κ1) is 14.3. The lowest BCUT2D eigenvalue weighted by Crippen LogP contribution is -2.42. The highest BCUT2D eigenvalue weighted by molar-refractivity contribution is 7.86. The van der Waals surface area contributed by atoms with Crippen LogP contribution in [-0.2, 0) is 17.2 Å². The van der Waals surface area contributed by atoms with Crippen molar-refractivity contribution >= 4 is 10.8 Å². The van der Waals surface area contributed by atoms with Crippen LogP contribution >= 0.6 is 0 Å². The van der Waals surface area contributed by atoms with Gasteiger partial charge in [-0.1, -0.05) is 36.8 Å². The van der Waals surface area contributed by atoms with Gasteiger partial charge in [-0.2, -0.15) is 0 Å². The van der Waals surface area contributed by atoms with Gasteiger partial charge in [0.1, 0.15) is 0 Å². The summed E-state index contributed by atoms with van der Waals surface area (Å²) in [6, 6.07) is 10.5. The Morgan fingerprint density at radius 2 is 1.75 bits per heavy atom. The van der Waals surface area contributed by atoms with Crippen molar-refractivity contribution in [3.63, 3.8) is 0 Å². The standard InChI is InChI=1S/C17H24O2S/c18-17(12-15-9-10-16(13-17)20(15)19)11-5-4-8-14-6-2-1-3-7-14/h1-3,6-7,15-16,18H,4-5,8-13H2. The lowest BCUT2D eigenvalue weighted by Gasteiger charge is -2.36. The third-order valence-corrected chi connectivity index (χ3v) is 7.00. The van der Waals surface area contributed by atoms with E-state index in [1.165, 1.54) is 5.56 Å². The van der Waals surface area contributed by atoms with Gasteiger partial charge in [0.15, 0.2) is 0 Å². The van der Waals surface area contributed by atoms with Crippen molar-refractivity contribution in [1.82, 2.24) is 0 Å². The van der Waals surface area contributed by atoms with Crippen LogP contribution in [0.15, 0.2) is 30.3 Å². The Bertz CT molecular complexity index is 455. The summed E-state index contributed by atoms with van der Waals surface area (Å²) < 4.78 is 12.0. The average Bonchev–Trinajstić information content (AvgIpc) is 2.68. The first-order valence-electron chi connectivity index (χ1n) is 7.82. The second kappa shape index (κ2) is 5.98. The average molecular weight is 292 g/mol. The minimum absolute atomic E-state index is 0.271. The number of unbranched alkanes of at least 4 members (excludes halogenated alkanes) is 1. The van der Waals surface area contributed by atoms with Gasteiger partial charge in [-0.15, -0.1) is 0 Å². The van der Waals surface area contributed by atoms with Crippen molar-refractivity contribution in [2.45, 2.75) is 67.5 Å². The molecular weight excluding hydrogens is 268 g/mol. The summed E-state index contributed by atoms with van der Waals surface area (Å²) in [5.41, 5.74) is 0.848. The monoisotopic (exact) mass is 292 g/mol. The van der Waals surface area contributed by atoms with Crippen LogP contribution in [0.2, 0.25) is 0 Å². The molecule has 3 rings (SSSR count). The van der Waals surface area contributed by atoms with E-state index in [9.17, 15) is 9.32 Å². The number of rotatable bonds is 5. The quantitative estimate of drug-likeness (QED) is 0.846. The van der Waals surface area contributed by atoms with Crippen molar-refractivity contribution in [1.29, 1.82) is 0 Å². The molecule has 2 nitrogen and oxygen atoms in total. The molecule has 2 unspecified atom stereocenters. The molecule has 0 aromatic heterocycles. The van der Waals surface area contributed by atoms with E-state index in [0.29, 0.717) is 0 Å². The molecule has 0 spiro atoms. The summed E-state index contributed by atoms with van der Waals surface area (Å²) in [5.74, 6) is 0. The lowest BCUT2D eigenvalue weighted by atomic mass is 9.87. The van der Waals surface area contributed by atoms with Gasteiger partial charge in [-0.05, 0) is 50.5 Å². The summed E-state index contributed by atoms with van der Waals surface area (Å²) in [6.45, 7) is 0. The zero-order valence-electron chi connectivity index (χ0n) is 12.0. The van der Waals surface area contributed by atoms with Crippen molar-refractivity contribution in [2.75, 3.05) is 0 Å². The van der Waals surface area contributed by atoms with Crippen LogP contribution in [0.3, 0.4) is 0 Å². The van der Waals surface area contributed by atoms with E-state index in [1.54, 1.807) is 0 Å². The molecule has 0 saturated carbocycles. The largest absolute Gasteiger partial charge is 0.390 e. The smallest absolute Gasteiger partial charge is 0.0670 e. The van der Waals surface area contributed by atoms with Crippen LogP contribution in [0.4, 0.5) is 0 Å². The predicted molar refractivity (Wildman–Crippen MR) is 83.1 cm³/mol. The molecular formula is C17H24O2S. The van der Waals surface area contributed by atoms with E-state index in [2.05, 4.69) is 24.3 Å². The maximum Gasteiger partial charge on any atom is 0.0670 e. The number of hydrogen-bond acceptors (Lipinski definition) is 2. The summed E-state index contributed by atoms with van der Waals surface area (Å²) in [4.78, 5) is 0. The Kier molecular flexibility index (Phi) is 4.27. The maximum absolute atomic E-state index is 12.0. The SMILES string of the molecule is O=S1C2CCC1CC(O)(CCCCc1ccccc1)C2. The van der Waals surface area contributed by atoms with E-state index in [-0.39, 0.29) is 10.5 Å². The fraction of sp³-hybridized carbons (Fsp3) is 0.647. The van der Waals surface area contributed by atoms with Crippen LogP contribution in [0.5, 0.6) is 0 Å². The zero-order valence-corrected chi connectivity index (χ0v) is 12.8. The topological polar surface area (TPSA) is 37.3 Å². The highest BCUT2D eigenvalue weighted by Crippen LogP contribution is 2.42. The minimum Gasteiger partial charge on any atom is -0.390 e. The van der Waals surface area contributed by atoms with Gasteiger partial charge in [0.2, 0.25) is 0 Å². The fourth-order valence-corrected chi connectivity index (χ4v) is 6.04. The van der Waals surface area contributed by atoms with Crippen LogP contribution in [0.1, 0.15) is 50.5 Å². The van der Waals surface area contributed by atoms with Crippen LogP contribution in [0, 0.1) is 0 Å². The molecule has 0 amide bonds. The first-order valence-corrected chi connectivity index (χ1v) is 9.10. The summed E-state index contributed by atoms with van der Waals surface area (Å²) in [5, 5.41) is 11.3. The Balaban J connectivity index is 1.46. The molecule has 2 heterocycles. The molecule has 110 valence electrons. The van der Waals surface area contributed by atoms with Crippen molar-refractivity contribution in [3.8, 4) is 0 Å². The highest BCUT2D eigenvalue weighted by atomic mass is 32.2. The van der Waals surface area contributed by atoms with Gasteiger partial charge in [0, 0.05) is 21.3 Å². The lowest BCUT2D eigenvalue weighted by molar-refractivity contribution is 0.0121. The predicted octanol–water partition coefficient (Wildman–Crippen LogP) is 3.20. The Labute approximate surface area is 124 Å². The molecule has 2 aliphatic heterocycles. The van der Waals surface area contributed by atoms with Gasteiger partial charge >= 0.3 is 0 Å². The molecule has 2 bridgehead atoms. The Hall–Kier alpha value is -0.670. The van der Waals surface area contributed by atoms with Gasteiger partial charge in [-0.3, -0.25) is 4.21 Å². The summed E-state index contributed by atoms with van der Waals surface area (Å²) >= 11 is 0. The molecule has 2 aliphatic rings. The van der Waals surface area contributed by atoms with Crippen LogP contribution in [0.25, 0.3) is 0 Å². The van der Waals surface area contributed by atoms with Crippen LogP contribution in [-0.4, -0.2) is 25.4 Å². The van der Waals surface area contributed by atoms with E-state index in [1.807, 2.05) is 6.07 Å². The minimum atomic E-state index is -0.662. The molecule has 20 heavy (non-hydrogen) atoms. The van der Waals surface area contributed by atoms with Gasteiger partial charge in [-0.25, -0.2) is 0 Å². The maximum atomic E-state index is 12.0. The molecule has 0 aliphatic carbocycles. The second-order valence-corrected chi connectivity index (χ2v) is 8.47. The van der Waals surface area contributed by atoms with Gasteiger partial charge < -0.3 is 5.11 Å². The van der Waals surface area contributed by atoms with E-state index in [0.717, 1.165) is 51.4 Å². The Morgan fingerprint density at radius 3 is 2.40 bits per heavy atom. The fourth-order valence-electron chi connectivity index (χ4n) is 3.81. The van der Waals surface area contributed by atoms with Gasteiger partial charge in [0.25, 0.3) is 0 Å². The number of aliphatic hydroxyl groups is 1. The molecule has 1 aromatic rings. The van der Waals surface area contributed by atoms with E-state index < -0.39 is 16.4 Å². The molecule has 3 heteroatoms. The number of fused-ring (bicyclic) bond motifs is 2. The van der Waals surface area contributed by atoms with Gasteiger partial charge in [0.05, 0.1) is 5.60 Å². The molecule has 2 atom stereocenters. The number of hydrogen-bond donors (Lipinski definition) is 1. The first-order chi connectivity index (χ1) is 9.66. The second-order valence-electron chi connectivity index (χ2n) is 6.48. The van der Waals surface area contributed by atoms with Crippen molar-refractivity contribution < 1.29 is 9.32 Å². The number of aryl methyl sites for hydroxylation is 1. The summed E-state index contributed by atoms with van der Waals surface area (Å²) in [6.07, 6.45) is 7.82. The van der Waals surface area contributed by atoms with E-state index >= 15 is 0 Å². The third-order valence-electron chi connectivity index (χ3n) is 4.88. The molecule has 1 aromatic carbocycles. The van der Waals surface area contributed by atoms with Crippen molar-refractivity contribution in [3.05, 3.63) is 35.9 Å². The number of benzene rings is 1.